The summed E-state index contributed by atoms with van der Waals surface area (Å²) in [6, 6.07) is 5.39. The van der Waals surface area contributed by atoms with Crippen molar-refractivity contribution in [2.75, 3.05) is 0 Å². The summed E-state index contributed by atoms with van der Waals surface area (Å²) in [4.78, 5) is 31.0. The molecule has 12 heteroatoms. The van der Waals surface area contributed by atoms with E-state index >= 15 is 0 Å². The fraction of sp³-hybridized carbons (Fsp3) is 0.0714. The first-order chi connectivity index (χ1) is 12.3. The molecule has 0 bridgehead atoms. The number of hydrogen-bond acceptors (Lipinski definition) is 7. The molecule has 0 aliphatic heterocycles. The average Bonchev–Trinajstić information content (AvgIpc) is 3.30. The van der Waals surface area contributed by atoms with Gasteiger partial charge in [-0.05, 0) is 12.1 Å². The number of carbonyl (C=O) groups excluding carboxylic acids is 2. The van der Waals surface area contributed by atoms with Crippen molar-refractivity contribution in [1.29, 1.82) is 0 Å². The van der Waals surface area contributed by atoms with E-state index in [2.05, 4.69) is 30.5 Å². The van der Waals surface area contributed by atoms with Crippen LogP contribution < -0.4 is 10.9 Å². The molecule has 0 saturated heterocycles. The number of alkyl halides is 3. The lowest BCUT2D eigenvalue weighted by Gasteiger charge is -2.06. The van der Waals surface area contributed by atoms with Gasteiger partial charge in [0.05, 0.1) is 11.7 Å². The predicted molar refractivity (Wildman–Crippen MR) is 81.8 cm³/mol. The molecule has 2 amide bonds. The fourth-order valence-corrected chi connectivity index (χ4v) is 2.32. The van der Waals surface area contributed by atoms with Crippen LogP contribution in [0.5, 0.6) is 0 Å². The molecule has 0 fully saturated rings. The number of aromatic nitrogens is 3. The molecule has 0 radical (unpaired) electrons. The van der Waals surface area contributed by atoms with E-state index in [0.29, 0.717) is 4.88 Å². The maximum Gasteiger partial charge on any atom is 0.471 e. The number of rotatable bonds is 3. The number of benzene rings is 1. The molecule has 3 aromatic rings. The Morgan fingerprint density at radius 3 is 2.35 bits per heavy atom. The molecule has 26 heavy (non-hydrogen) atoms. The van der Waals surface area contributed by atoms with E-state index in [1.807, 2.05) is 0 Å². The zero-order chi connectivity index (χ0) is 18.7. The maximum absolute atomic E-state index is 12.5. The van der Waals surface area contributed by atoms with Gasteiger partial charge in [-0.1, -0.05) is 17.3 Å². The van der Waals surface area contributed by atoms with Crippen LogP contribution in [0.1, 0.15) is 25.9 Å². The molecular formula is C14H8F3N5O3S. The minimum absolute atomic E-state index is 0.165. The third kappa shape index (κ3) is 3.85. The van der Waals surface area contributed by atoms with Gasteiger partial charge < -0.3 is 4.52 Å². The Kier molecular flexibility index (Phi) is 4.67. The first-order valence-electron chi connectivity index (χ1n) is 6.85. The molecule has 0 unspecified atom stereocenters. The molecule has 0 atom stereocenters. The second kappa shape index (κ2) is 6.92. The van der Waals surface area contributed by atoms with Gasteiger partial charge in [0.15, 0.2) is 0 Å². The molecule has 134 valence electrons. The summed E-state index contributed by atoms with van der Waals surface area (Å²) < 4.78 is 41.5. The van der Waals surface area contributed by atoms with E-state index in [9.17, 15) is 22.8 Å². The van der Waals surface area contributed by atoms with Crippen molar-refractivity contribution < 1.29 is 27.3 Å². The molecule has 1 aromatic carbocycles. The standard InChI is InChI=1S/C14H8F3N5O3S/c15-14(16,17)13-19-10(22-25-13)7-1-3-8(4-2-7)11(23)20-21-12(24)9-5-18-6-26-9/h1-6H,(H,20,23)(H,21,24). The largest absolute Gasteiger partial charge is 0.471 e. The van der Waals surface area contributed by atoms with Crippen molar-refractivity contribution in [2.24, 2.45) is 0 Å². The third-order valence-corrected chi connectivity index (χ3v) is 3.79. The van der Waals surface area contributed by atoms with Crippen molar-refractivity contribution in [3.63, 3.8) is 0 Å². The van der Waals surface area contributed by atoms with Crippen molar-refractivity contribution in [1.82, 2.24) is 26.0 Å². The van der Waals surface area contributed by atoms with Crippen LogP contribution in [0.25, 0.3) is 11.4 Å². The van der Waals surface area contributed by atoms with E-state index in [-0.39, 0.29) is 17.0 Å². The zero-order valence-electron chi connectivity index (χ0n) is 12.6. The van der Waals surface area contributed by atoms with E-state index in [0.717, 1.165) is 11.3 Å². The average molecular weight is 383 g/mol. The summed E-state index contributed by atoms with van der Waals surface area (Å²) in [6.07, 6.45) is -3.39. The number of halogens is 3. The molecule has 8 nitrogen and oxygen atoms in total. The molecule has 2 aromatic heterocycles. The number of hydrazine groups is 1. The number of amides is 2. The van der Waals surface area contributed by atoms with Crippen molar-refractivity contribution in [3.8, 4) is 11.4 Å². The van der Waals surface area contributed by atoms with Gasteiger partial charge in [0, 0.05) is 11.1 Å². The second-order valence-electron chi connectivity index (χ2n) is 4.77. The Hall–Kier alpha value is -3.28. The summed E-state index contributed by atoms with van der Waals surface area (Å²) in [5, 5.41) is 3.25. The number of carbonyl (C=O) groups is 2. The lowest BCUT2D eigenvalue weighted by atomic mass is 10.1. The van der Waals surface area contributed by atoms with Crippen molar-refractivity contribution in [2.45, 2.75) is 6.18 Å². The molecule has 2 heterocycles. The van der Waals surface area contributed by atoms with Crippen LogP contribution in [-0.2, 0) is 6.18 Å². The van der Waals surface area contributed by atoms with Gasteiger partial charge in [0.1, 0.15) is 4.88 Å². The smallest absolute Gasteiger partial charge is 0.329 e. The third-order valence-electron chi connectivity index (χ3n) is 3.02. The molecule has 0 spiro atoms. The zero-order valence-corrected chi connectivity index (χ0v) is 13.4. The van der Waals surface area contributed by atoms with Gasteiger partial charge in [-0.25, -0.2) is 0 Å². The van der Waals surface area contributed by atoms with E-state index < -0.39 is 23.9 Å². The molecule has 0 aliphatic carbocycles. The first kappa shape index (κ1) is 17.5. The normalized spacial score (nSPS) is 11.2. The van der Waals surface area contributed by atoms with E-state index in [1.54, 1.807) is 0 Å². The highest BCUT2D eigenvalue weighted by Crippen LogP contribution is 2.29. The Morgan fingerprint density at radius 2 is 1.77 bits per heavy atom. The Morgan fingerprint density at radius 1 is 1.08 bits per heavy atom. The predicted octanol–water partition coefficient (Wildman–Crippen LogP) is 2.29. The highest BCUT2D eigenvalue weighted by molar-refractivity contribution is 7.11. The van der Waals surface area contributed by atoms with Gasteiger partial charge in [-0.2, -0.15) is 18.2 Å². The quantitative estimate of drug-likeness (QED) is 0.672. The number of thiazole rings is 1. The van der Waals surface area contributed by atoms with Crippen molar-refractivity contribution in [3.05, 3.63) is 52.3 Å². The first-order valence-corrected chi connectivity index (χ1v) is 7.73. The van der Waals surface area contributed by atoms with Crippen LogP contribution in [0, 0.1) is 0 Å². The molecule has 3 rings (SSSR count). The highest BCUT2D eigenvalue weighted by Gasteiger charge is 2.38. The van der Waals surface area contributed by atoms with Crippen LogP contribution in [0.3, 0.4) is 0 Å². The molecular weight excluding hydrogens is 375 g/mol. The Balaban J connectivity index is 1.64. The lowest BCUT2D eigenvalue weighted by Crippen LogP contribution is -2.41. The van der Waals surface area contributed by atoms with Crippen LogP contribution in [0.4, 0.5) is 13.2 Å². The summed E-state index contributed by atoms with van der Waals surface area (Å²) >= 11 is 1.10. The summed E-state index contributed by atoms with van der Waals surface area (Å²) in [7, 11) is 0. The molecule has 2 N–H and O–H groups in total. The van der Waals surface area contributed by atoms with Crippen LogP contribution in [-0.4, -0.2) is 26.9 Å². The maximum atomic E-state index is 12.5. The van der Waals surface area contributed by atoms with Crippen LogP contribution in [0.2, 0.25) is 0 Å². The highest BCUT2D eigenvalue weighted by atomic mass is 32.1. The molecule has 0 aliphatic rings. The lowest BCUT2D eigenvalue weighted by molar-refractivity contribution is -0.159. The van der Waals surface area contributed by atoms with Gasteiger partial charge in [-0.15, -0.1) is 11.3 Å². The van der Waals surface area contributed by atoms with Gasteiger partial charge >= 0.3 is 12.1 Å². The number of nitrogens with zero attached hydrogens (tertiary/aromatic N) is 3. The molecule has 0 saturated carbocycles. The van der Waals surface area contributed by atoms with Crippen LogP contribution >= 0.6 is 11.3 Å². The monoisotopic (exact) mass is 383 g/mol. The summed E-state index contributed by atoms with van der Waals surface area (Å²) in [5.41, 5.74) is 6.29. The van der Waals surface area contributed by atoms with Crippen molar-refractivity contribution >= 4 is 23.2 Å². The second-order valence-corrected chi connectivity index (χ2v) is 5.66. The fourth-order valence-electron chi connectivity index (χ4n) is 1.80. The topological polar surface area (TPSA) is 110 Å². The van der Waals surface area contributed by atoms with Crippen LogP contribution in [0.15, 0.2) is 40.5 Å². The minimum Gasteiger partial charge on any atom is -0.329 e. The van der Waals surface area contributed by atoms with Gasteiger partial charge in [0.25, 0.3) is 11.8 Å². The summed E-state index contributed by atoms with van der Waals surface area (Å²) in [5.74, 6) is -2.86. The minimum atomic E-state index is -4.73. The number of nitrogens with one attached hydrogen (secondary N) is 2. The van der Waals surface area contributed by atoms with E-state index in [4.69, 9.17) is 0 Å². The summed E-state index contributed by atoms with van der Waals surface area (Å²) in [6.45, 7) is 0. The number of hydrogen-bond donors (Lipinski definition) is 2. The SMILES string of the molecule is O=C(NNC(=O)c1cncs1)c1ccc(-c2noc(C(F)(F)F)n2)cc1. The van der Waals surface area contributed by atoms with Gasteiger partial charge in [-0.3, -0.25) is 25.4 Å². The van der Waals surface area contributed by atoms with Gasteiger partial charge in [0.2, 0.25) is 5.82 Å². The Labute approximate surface area is 147 Å². The van der Waals surface area contributed by atoms with E-state index in [1.165, 1.54) is 36.0 Å². The Bertz CT molecular complexity index is 922.